The molecule has 2 N–H and O–H groups in total. The number of nitrogens with zero attached hydrogens (tertiary/aromatic N) is 1. The second-order valence-electron chi connectivity index (χ2n) is 7.51. The Hall–Kier alpha value is -3.38. The van der Waals surface area contributed by atoms with E-state index in [0.717, 1.165) is 35.4 Å². The first-order valence-corrected chi connectivity index (χ1v) is 9.91. The van der Waals surface area contributed by atoms with Crippen LogP contribution in [0.3, 0.4) is 0 Å². The number of rotatable bonds is 7. The first kappa shape index (κ1) is 21.3. The van der Waals surface area contributed by atoms with E-state index in [2.05, 4.69) is 14.9 Å². The van der Waals surface area contributed by atoms with E-state index in [4.69, 9.17) is 4.74 Å². The van der Waals surface area contributed by atoms with E-state index in [1.807, 2.05) is 69.6 Å². The second-order valence-corrected chi connectivity index (χ2v) is 7.51. The molecule has 156 valence electrons. The van der Waals surface area contributed by atoms with Crippen molar-refractivity contribution in [1.29, 1.82) is 0 Å². The fourth-order valence-electron chi connectivity index (χ4n) is 3.02. The van der Waals surface area contributed by atoms with E-state index < -0.39 is 0 Å². The van der Waals surface area contributed by atoms with Gasteiger partial charge in [0.1, 0.15) is 16.4 Å². The SMILES string of the molecule is Cc1cccc(C=c2[nH]c(=O)c(=Cc3ccc(OCCCN(C)C)cc3)[nH]c2=O)c1. The molecule has 0 amide bonds. The minimum absolute atomic E-state index is 0.209. The van der Waals surface area contributed by atoms with Crippen LogP contribution in [0.25, 0.3) is 12.2 Å². The van der Waals surface area contributed by atoms with Gasteiger partial charge in [-0.15, -0.1) is 0 Å². The average Bonchev–Trinajstić information content (AvgIpc) is 2.70. The number of ether oxygens (including phenoxy) is 1. The Labute approximate surface area is 175 Å². The van der Waals surface area contributed by atoms with Crippen molar-refractivity contribution in [2.24, 2.45) is 0 Å². The first-order chi connectivity index (χ1) is 14.4. The monoisotopic (exact) mass is 405 g/mol. The van der Waals surface area contributed by atoms with Crippen LogP contribution in [0.4, 0.5) is 0 Å². The van der Waals surface area contributed by atoms with Crippen LogP contribution >= 0.6 is 0 Å². The molecule has 0 saturated carbocycles. The molecule has 0 aliphatic rings. The molecule has 3 aromatic rings. The molecule has 0 atom stereocenters. The molecule has 0 unspecified atom stereocenters. The topological polar surface area (TPSA) is 78.2 Å². The summed E-state index contributed by atoms with van der Waals surface area (Å²) in [4.78, 5) is 32.3. The maximum absolute atomic E-state index is 12.4. The molecular weight excluding hydrogens is 378 g/mol. The van der Waals surface area contributed by atoms with Crippen LogP contribution in [0.2, 0.25) is 0 Å². The van der Waals surface area contributed by atoms with Crippen molar-refractivity contribution >= 4 is 12.2 Å². The molecule has 0 aliphatic heterocycles. The third-order valence-corrected chi connectivity index (χ3v) is 4.55. The highest BCUT2D eigenvalue weighted by Gasteiger charge is 1.99. The minimum atomic E-state index is -0.350. The van der Waals surface area contributed by atoms with Crippen molar-refractivity contribution in [3.63, 3.8) is 0 Å². The third-order valence-electron chi connectivity index (χ3n) is 4.55. The van der Waals surface area contributed by atoms with Crippen molar-refractivity contribution in [3.05, 3.63) is 96.6 Å². The zero-order chi connectivity index (χ0) is 21.5. The largest absolute Gasteiger partial charge is 0.494 e. The molecule has 6 heteroatoms. The molecule has 0 fully saturated rings. The fourth-order valence-corrected chi connectivity index (χ4v) is 3.02. The normalized spacial score (nSPS) is 12.5. The van der Waals surface area contributed by atoms with E-state index in [0.29, 0.717) is 6.61 Å². The number of aryl methyl sites for hydroxylation is 1. The molecule has 0 radical (unpaired) electrons. The van der Waals surface area contributed by atoms with Gasteiger partial charge in [-0.3, -0.25) is 9.59 Å². The lowest BCUT2D eigenvalue weighted by Crippen LogP contribution is -2.46. The lowest BCUT2D eigenvalue weighted by molar-refractivity contribution is 0.281. The molecule has 1 heterocycles. The fraction of sp³-hybridized carbons (Fsp3) is 0.250. The van der Waals surface area contributed by atoms with Crippen LogP contribution in [-0.2, 0) is 0 Å². The average molecular weight is 405 g/mol. The molecule has 2 aromatic carbocycles. The van der Waals surface area contributed by atoms with Crippen molar-refractivity contribution in [3.8, 4) is 5.75 Å². The van der Waals surface area contributed by atoms with Gasteiger partial charge in [0.2, 0.25) is 0 Å². The molecule has 3 rings (SSSR count). The van der Waals surface area contributed by atoms with E-state index in [1.54, 1.807) is 12.2 Å². The van der Waals surface area contributed by atoms with Gasteiger partial charge in [-0.1, -0.05) is 42.0 Å². The molecule has 0 spiro atoms. The standard InChI is InChI=1S/C24H27N3O3/c1-17-6-4-7-19(14-17)16-22-24(29)25-21(23(28)26-22)15-18-8-10-20(11-9-18)30-13-5-12-27(2)3/h4,6-11,14-16H,5,12-13H2,1-3H3,(H,25,29)(H,26,28). The molecule has 0 bridgehead atoms. The number of H-pyrrole nitrogens is 2. The van der Waals surface area contributed by atoms with Crippen LogP contribution in [0.15, 0.2) is 58.1 Å². The van der Waals surface area contributed by atoms with Crippen molar-refractivity contribution in [1.82, 2.24) is 14.9 Å². The lowest BCUT2D eigenvalue weighted by atomic mass is 10.1. The maximum Gasteiger partial charge on any atom is 0.272 e. The zero-order valence-corrected chi connectivity index (χ0v) is 17.6. The Kier molecular flexibility index (Phi) is 7.03. The Morgan fingerprint density at radius 2 is 1.53 bits per heavy atom. The second kappa shape index (κ2) is 9.89. The Morgan fingerprint density at radius 1 is 0.900 bits per heavy atom. The zero-order valence-electron chi connectivity index (χ0n) is 17.6. The summed E-state index contributed by atoms with van der Waals surface area (Å²) in [6, 6.07) is 15.1. The number of hydrogen-bond acceptors (Lipinski definition) is 4. The van der Waals surface area contributed by atoms with E-state index in [9.17, 15) is 9.59 Å². The first-order valence-electron chi connectivity index (χ1n) is 9.91. The van der Waals surface area contributed by atoms with Gasteiger partial charge < -0.3 is 19.6 Å². The summed E-state index contributed by atoms with van der Waals surface area (Å²) in [5.41, 5.74) is 2.04. The Balaban J connectivity index is 1.80. The van der Waals surface area contributed by atoms with E-state index in [1.165, 1.54) is 0 Å². The van der Waals surface area contributed by atoms with Gasteiger partial charge in [0.05, 0.1) is 6.61 Å². The van der Waals surface area contributed by atoms with Crippen molar-refractivity contribution in [2.75, 3.05) is 27.2 Å². The van der Waals surface area contributed by atoms with Crippen LogP contribution in [-0.4, -0.2) is 42.1 Å². The van der Waals surface area contributed by atoms with Crippen molar-refractivity contribution in [2.45, 2.75) is 13.3 Å². The summed E-state index contributed by atoms with van der Waals surface area (Å²) in [7, 11) is 4.06. The van der Waals surface area contributed by atoms with Crippen LogP contribution in [0, 0.1) is 6.92 Å². The molecule has 0 aliphatic carbocycles. The van der Waals surface area contributed by atoms with Crippen LogP contribution in [0.1, 0.15) is 23.1 Å². The Bertz CT molecular complexity index is 1220. The summed E-state index contributed by atoms with van der Waals surface area (Å²) in [6.07, 6.45) is 4.26. The van der Waals surface area contributed by atoms with E-state index in [-0.39, 0.29) is 21.8 Å². The number of aromatic amines is 2. The molecule has 30 heavy (non-hydrogen) atoms. The number of benzene rings is 2. The minimum Gasteiger partial charge on any atom is -0.494 e. The number of nitrogens with one attached hydrogen (secondary N) is 2. The quantitative estimate of drug-likeness (QED) is 0.582. The Morgan fingerprint density at radius 3 is 2.13 bits per heavy atom. The number of aromatic nitrogens is 2. The van der Waals surface area contributed by atoms with Gasteiger partial charge in [0, 0.05) is 6.54 Å². The molecule has 0 saturated heterocycles. The lowest BCUT2D eigenvalue weighted by Gasteiger charge is -2.10. The smallest absolute Gasteiger partial charge is 0.272 e. The molecule has 1 aromatic heterocycles. The number of hydrogen-bond donors (Lipinski definition) is 2. The van der Waals surface area contributed by atoms with Gasteiger partial charge in [-0.25, -0.2) is 0 Å². The van der Waals surface area contributed by atoms with Crippen molar-refractivity contribution < 1.29 is 4.74 Å². The maximum atomic E-state index is 12.4. The van der Waals surface area contributed by atoms with Gasteiger partial charge in [0.15, 0.2) is 0 Å². The molecule has 6 nitrogen and oxygen atoms in total. The summed E-state index contributed by atoms with van der Waals surface area (Å²) >= 11 is 0. The van der Waals surface area contributed by atoms with Gasteiger partial charge in [0.25, 0.3) is 11.1 Å². The summed E-state index contributed by atoms with van der Waals surface area (Å²) < 4.78 is 5.71. The molecular formula is C24H27N3O3. The highest BCUT2D eigenvalue weighted by atomic mass is 16.5. The third kappa shape index (κ3) is 6.06. The highest BCUT2D eigenvalue weighted by molar-refractivity contribution is 5.50. The predicted molar refractivity (Wildman–Crippen MR) is 120 cm³/mol. The summed E-state index contributed by atoms with van der Waals surface area (Å²) in [5.74, 6) is 0.774. The predicted octanol–water partition coefficient (Wildman–Crippen LogP) is 1.36. The summed E-state index contributed by atoms with van der Waals surface area (Å²) in [5, 5.41) is 0.435. The van der Waals surface area contributed by atoms with Crippen LogP contribution < -0.4 is 26.6 Å². The van der Waals surface area contributed by atoms with Gasteiger partial charge >= 0.3 is 0 Å². The summed E-state index contributed by atoms with van der Waals surface area (Å²) in [6.45, 7) is 3.59. The van der Waals surface area contributed by atoms with Gasteiger partial charge in [-0.05, 0) is 62.9 Å². The van der Waals surface area contributed by atoms with Crippen LogP contribution in [0.5, 0.6) is 5.75 Å². The highest BCUT2D eigenvalue weighted by Crippen LogP contribution is 2.12. The van der Waals surface area contributed by atoms with E-state index >= 15 is 0 Å². The van der Waals surface area contributed by atoms with Gasteiger partial charge in [-0.2, -0.15) is 0 Å².